The highest BCUT2D eigenvalue weighted by molar-refractivity contribution is 6.04. The summed E-state index contributed by atoms with van der Waals surface area (Å²) in [5.41, 5.74) is 2.57. The number of hydrogen-bond donors (Lipinski definition) is 1. The van der Waals surface area contributed by atoms with Crippen molar-refractivity contribution in [2.45, 2.75) is 51.0 Å². The average Bonchev–Trinajstić information content (AvgIpc) is 3.28. The predicted octanol–water partition coefficient (Wildman–Crippen LogP) is 5.26. The summed E-state index contributed by atoms with van der Waals surface area (Å²) in [6.45, 7) is 2.22. The van der Waals surface area contributed by atoms with Gasteiger partial charge in [-0.3, -0.25) is 4.79 Å². The fourth-order valence-corrected chi connectivity index (χ4v) is 4.20. The van der Waals surface area contributed by atoms with Gasteiger partial charge >= 0.3 is 0 Å². The summed E-state index contributed by atoms with van der Waals surface area (Å²) in [6, 6.07) is 13.5. The first-order valence-electron chi connectivity index (χ1n) is 10.7. The summed E-state index contributed by atoms with van der Waals surface area (Å²) < 4.78 is 11.5. The van der Waals surface area contributed by atoms with Crippen molar-refractivity contribution < 1.29 is 14.3 Å². The number of rotatable bonds is 6. The van der Waals surface area contributed by atoms with Crippen molar-refractivity contribution in [3.05, 3.63) is 48.0 Å². The SMILES string of the molecule is COc1cc(C(=O)Nc2ccc(N3CCCCC3)cc2)ccc1OC1CCCC1. The quantitative estimate of drug-likeness (QED) is 0.726. The molecule has 5 nitrogen and oxygen atoms in total. The van der Waals surface area contributed by atoms with Crippen molar-refractivity contribution >= 4 is 17.3 Å². The monoisotopic (exact) mass is 394 g/mol. The maximum atomic E-state index is 12.7. The molecule has 4 rings (SSSR count). The Bertz CT molecular complexity index is 823. The second-order valence-corrected chi connectivity index (χ2v) is 7.94. The number of nitrogens with zero attached hydrogens (tertiary/aromatic N) is 1. The maximum Gasteiger partial charge on any atom is 0.255 e. The molecule has 1 aliphatic heterocycles. The summed E-state index contributed by atoms with van der Waals surface area (Å²) in [6.07, 6.45) is 8.66. The van der Waals surface area contributed by atoms with Crippen molar-refractivity contribution in [1.29, 1.82) is 0 Å². The summed E-state index contributed by atoms with van der Waals surface area (Å²) >= 11 is 0. The van der Waals surface area contributed by atoms with Gasteiger partial charge in [0.15, 0.2) is 11.5 Å². The normalized spacial score (nSPS) is 17.2. The van der Waals surface area contributed by atoms with Gasteiger partial charge in [0.05, 0.1) is 13.2 Å². The van der Waals surface area contributed by atoms with E-state index in [0.29, 0.717) is 17.1 Å². The topological polar surface area (TPSA) is 50.8 Å². The van der Waals surface area contributed by atoms with Crippen LogP contribution in [0.1, 0.15) is 55.3 Å². The molecule has 0 bridgehead atoms. The number of amides is 1. The van der Waals surface area contributed by atoms with Crippen molar-refractivity contribution in [3.8, 4) is 11.5 Å². The molecule has 0 atom stereocenters. The van der Waals surface area contributed by atoms with Gasteiger partial charge in [-0.2, -0.15) is 0 Å². The van der Waals surface area contributed by atoms with Crippen LogP contribution >= 0.6 is 0 Å². The van der Waals surface area contributed by atoms with Crippen molar-refractivity contribution in [2.75, 3.05) is 30.4 Å². The molecule has 154 valence electrons. The summed E-state index contributed by atoms with van der Waals surface area (Å²) in [5.74, 6) is 1.16. The van der Waals surface area contributed by atoms with Crippen LogP contribution in [0.2, 0.25) is 0 Å². The van der Waals surface area contributed by atoms with Gasteiger partial charge in [-0.1, -0.05) is 0 Å². The Hall–Kier alpha value is -2.69. The van der Waals surface area contributed by atoms with Gasteiger partial charge in [0, 0.05) is 30.0 Å². The molecule has 2 aromatic carbocycles. The molecule has 1 saturated heterocycles. The zero-order chi connectivity index (χ0) is 20.1. The van der Waals surface area contributed by atoms with E-state index in [2.05, 4.69) is 22.3 Å². The molecule has 0 aromatic heterocycles. The first kappa shape index (κ1) is 19.6. The van der Waals surface area contributed by atoms with Crippen molar-refractivity contribution in [2.24, 2.45) is 0 Å². The number of piperidine rings is 1. The van der Waals surface area contributed by atoms with E-state index in [1.54, 1.807) is 19.2 Å². The smallest absolute Gasteiger partial charge is 0.255 e. The molecular weight excluding hydrogens is 364 g/mol. The summed E-state index contributed by atoms with van der Waals surface area (Å²) in [7, 11) is 1.61. The molecular formula is C24H30N2O3. The van der Waals surface area contributed by atoms with Crippen LogP contribution in [-0.2, 0) is 0 Å². The van der Waals surface area contributed by atoms with E-state index in [-0.39, 0.29) is 12.0 Å². The fraction of sp³-hybridized carbons (Fsp3) is 0.458. The molecule has 5 heteroatoms. The third-order valence-corrected chi connectivity index (χ3v) is 5.87. The zero-order valence-electron chi connectivity index (χ0n) is 17.2. The molecule has 0 radical (unpaired) electrons. The molecule has 0 unspecified atom stereocenters. The number of methoxy groups -OCH3 is 1. The Labute approximate surface area is 173 Å². The highest BCUT2D eigenvalue weighted by atomic mass is 16.5. The molecule has 1 heterocycles. The van der Waals surface area contributed by atoms with Crippen LogP contribution in [0.5, 0.6) is 11.5 Å². The van der Waals surface area contributed by atoms with E-state index in [9.17, 15) is 4.79 Å². The molecule has 2 fully saturated rings. The molecule has 1 aliphatic carbocycles. The fourth-order valence-electron chi connectivity index (χ4n) is 4.20. The second-order valence-electron chi connectivity index (χ2n) is 7.94. The van der Waals surface area contributed by atoms with E-state index in [0.717, 1.165) is 31.6 Å². The van der Waals surface area contributed by atoms with Gasteiger partial charge in [0.1, 0.15) is 0 Å². The van der Waals surface area contributed by atoms with Crippen LogP contribution in [0.4, 0.5) is 11.4 Å². The highest BCUT2D eigenvalue weighted by Crippen LogP contribution is 2.32. The molecule has 29 heavy (non-hydrogen) atoms. The van der Waals surface area contributed by atoms with Crippen LogP contribution in [0.15, 0.2) is 42.5 Å². The molecule has 2 aromatic rings. The maximum absolute atomic E-state index is 12.7. The lowest BCUT2D eigenvalue weighted by molar-refractivity contribution is 0.102. The lowest BCUT2D eigenvalue weighted by atomic mass is 10.1. The van der Waals surface area contributed by atoms with Gasteiger partial charge in [0.2, 0.25) is 0 Å². The van der Waals surface area contributed by atoms with Gasteiger partial charge in [-0.15, -0.1) is 0 Å². The molecule has 0 spiro atoms. The van der Waals surface area contributed by atoms with Crippen molar-refractivity contribution in [3.63, 3.8) is 0 Å². The number of ether oxygens (including phenoxy) is 2. The van der Waals surface area contributed by atoms with Crippen LogP contribution in [-0.4, -0.2) is 32.2 Å². The third kappa shape index (κ3) is 4.84. The van der Waals surface area contributed by atoms with E-state index < -0.39 is 0 Å². The lowest BCUT2D eigenvalue weighted by Crippen LogP contribution is -2.29. The molecule has 2 aliphatic rings. The standard InChI is InChI=1S/C24H30N2O3/c1-28-23-17-18(9-14-22(23)29-21-7-3-4-8-21)24(27)25-19-10-12-20(13-11-19)26-15-5-2-6-16-26/h9-14,17,21H,2-8,15-16H2,1H3,(H,25,27). The minimum atomic E-state index is -0.151. The van der Waals surface area contributed by atoms with E-state index in [4.69, 9.17) is 9.47 Å². The zero-order valence-corrected chi connectivity index (χ0v) is 17.2. The van der Waals surface area contributed by atoms with Crippen LogP contribution < -0.4 is 19.7 Å². The number of hydrogen-bond acceptors (Lipinski definition) is 4. The number of nitrogens with one attached hydrogen (secondary N) is 1. The Kier molecular flexibility index (Phi) is 6.23. The second kappa shape index (κ2) is 9.21. The third-order valence-electron chi connectivity index (χ3n) is 5.87. The summed E-state index contributed by atoms with van der Waals surface area (Å²) in [4.78, 5) is 15.1. The summed E-state index contributed by atoms with van der Waals surface area (Å²) in [5, 5.41) is 2.98. The molecule has 1 N–H and O–H groups in total. The molecule has 1 amide bonds. The predicted molar refractivity (Wildman–Crippen MR) is 116 cm³/mol. The van der Waals surface area contributed by atoms with Crippen molar-refractivity contribution in [1.82, 2.24) is 0 Å². The van der Waals surface area contributed by atoms with Gasteiger partial charge in [0.25, 0.3) is 5.91 Å². The number of carbonyl (C=O) groups is 1. The van der Waals surface area contributed by atoms with Gasteiger partial charge in [-0.25, -0.2) is 0 Å². The van der Waals surface area contributed by atoms with E-state index >= 15 is 0 Å². The molecule has 1 saturated carbocycles. The van der Waals surface area contributed by atoms with E-state index in [1.807, 2.05) is 18.2 Å². The highest BCUT2D eigenvalue weighted by Gasteiger charge is 2.19. The van der Waals surface area contributed by atoms with Crippen LogP contribution in [0, 0.1) is 0 Å². The first-order valence-corrected chi connectivity index (χ1v) is 10.7. The number of carbonyl (C=O) groups excluding carboxylic acids is 1. The lowest BCUT2D eigenvalue weighted by Gasteiger charge is -2.28. The number of benzene rings is 2. The number of anilines is 2. The van der Waals surface area contributed by atoms with Gasteiger partial charge < -0.3 is 19.7 Å². The largest absolute Gasteiger partial charge is 0.493 e. The van der Waals surface area contributed by atoms with E-state index in [1.165, 1.54) is 37.8 Å². The first-order chi connectivity index (χ1) is 14.2. The Morgan fingerprint density at radius 3 is 2.34 bits per heavy atom. The van der Waals surface area contributed by atoms with Crippen LogP contribution in [0.25, 0.3) is 0 Å². The minimum absolute atomic E-state index is 0.151. The van der Waals surface area contributed by atoms with Gasteiger partial charge in [-0.05, 0) is 87.4 Å². The minimum Gasteiger partial charge on any atom is -0.493 e. The average molecular weight is 395 g/mol. The Morgan fingerprint density at radius 2 is 1.66 bits per heavy atom. The Morgan fingerprint density at radius 1 is 0.931 bits per heavy atom. The Balaban J connectivity index is 1.40. The van der Waals surface area contributed by atoms with Crippen LogP contribution in [0.3, 0.4) is 0 Å².